The van der Waals surface area contributed by atoms with Crippen LogP contribution in [0.25, 0.3) is 0 Å². The van der Waals surface area contributed by atoms with Gasteiger partial charge in [0.1, 0.15) is 5.51 Å². The van der Waals surface area contributed by atoms with E-state index in [2.05, 4.69) is 21.6 Å². The van der Waals surface area contributed by atoms with Crippen molar-refractivity contribution in [3.8, 4) is 0 Å². The average Bonchev–Trinajstić information content (AvgIpc) is 3.05. The van der Waals surface area contributed by atoms with Gasteiger partial charge in [0.2, 0.25) is 0 Å². The van der Waals surface area contributed by atoms with Gasteiger partial charge in [-0.15, -0.1) is 10.2 Å². The SMILES string of the molecule is Clc1cccc(Sc2nncs2)c1CNC1CC1. The molecule has 0 aliphatic heterocycles. The second-order valence-electron chi connectivity index (χ2n) is 4.18. The van der Waals surface area contributed by atoms with Crippen molar-refractivity contribution in [2.75, 3.05) is 0 Å². The van der Waals surface area contributed by atoms with E-state index in [1.54, 1.807) is 28.6 Å². The summed E-state index contributed by atoms with van der Waals surface area (Å²) in [5.41, 5.74) is 2.90. The largest absolute Gasteiger partial charge is 0.310 e. The zero-order chi connectivity index (χ0) is 12.4. The Morgan fingerprint density at radius 3 is 3.06 bits per heavy atom. The molecule has 0 atom stereocenters. The van der Waals surface area contributed by atoms with Crippen LogP contribution in [-0.2, 0) is 6.54 Å². The number of nitrogens with zero attached hydrogens (tertiary/aromatic N) is 2. The Morgan fingerprint density at radius 2 is 2.33 bits per heavy atom. The Morgan fingerprint density at radius 1 is 1.44 bits per heavy atom. The summed E-state index contributed by atoms with van der Waals surface area (Å²) in [5.74, 6) is 0. The first-order valence-electron chi connectivity index (χ1n) is 5.78. The van der Waals surface area contributed by atoms with E-state index < -0.39 is 0 Å². The van der Waals surface area contributed by atoms with Gasteiger partial charge < -0.3 is 5.32 Å². The lowest BCUT2D eigenvalue weighted by molar-refractivity contribution is 0.680. The lowest BCUT2D eigenvalue weighted by Gasteiger charge is -2.10. The van der Waals surface area contributed by atoms with Crippen LogP contribution in [0.4, 0.5) is 0 Å². The Labute approximate surface area is 119 Å². The molecule has 18 heavy (non-hydrogen) atoms. The van der Waals surface area contributed by atoms with E-state index in [1.165, 1.54) is 12.8 Å². The van der Waals surface area contributed by atoms with Crippen molar-refractivity contribution in [1.29, 1.82) is 0 Å². The van der Waals surface area contributed by atoms with Crippen molar-refractivity contribution in [2.45, 2.75) is 34.7 Å². The van der Waals surface area contributed by atoms with E-state index in [1.807, 2.05) is 12.1 Å². The molecule has 6 heteroatoms. The molecule has 0 spiro atoms. The number of benzene rings is 1. The number of rotatable bonds is 5. The minimum absolute atomic E-state index is 0.681. The summed E-state index contributed by atoms with van der Waals surface area (Å²) in [6.07, 6.45) is 2.56. The molecule has 1 fully saturated rings. The van der Waals surface area contributed by atoms with E-state index in [-0.39, 0.29) is 0 Å². The van der Waals surface area contributed by atoms with E-state index >= 15 is 0 Å². The number of aromatic nitrogens is 2. The van der Waals surface area contributed by atoms with Gasteiger partial charge in [-0.1, -0.05) is 40.8 Å². The van der Waals surface area contributed by atoms with E-state index in [9.17, 15) is 0 Å². The molecular formula is C12H12ClN3S2. The van der Waals surface area contributed by atoms with Crippen LogP contribution in [0.15, 0.2) is 32.9 Å². The molecule has 1 aliphatic carbocycles. The third kappa shape index (κ3) is 3.03. The third-order valence-electron chi connectivity index (χ3n) is 2.76. The number of hydrogen-bond donors (Lipinski definition) is 1. The fraction of sp³-hybridized carbons (Fsp3) is 0.333. The highest BCUT2D eigenvalue weighted by molar-refractivity contribution is 8.01. The van der Waals surface area contributed by atoms with Crippen molar-refractivity contribution < 1.29 is 0 Å². The van der Waals surface area contributed by atoms with E-state index in [0.29, 0.717) is 6.04 Å². The maximum Gasteiger partial charge on any atom is 0.178 e. The summed E-state index contributed by atoms with van der Waals surface area (Å²) in [6.45, 7) is 0.825. The second kappa shape index (κ2) is 5.57. The molecule has 1 aromatic heterocycles. The summed E-state index contributed by atoms with van der Waals surface area (Å²) in [7, 11) is 0. The fourth-order valence-electron chi connectivity index (χ4n) is 1.64. The number of halogens is 1. The number of nitrogens with one attached hydrogen (secondary N) is 1. The predicted molar refractivity (Wildman–Crippen MR) is 75.3 cm³/mol. The molecular weight excluding hydrogens is 286 g/mol. The first kappa shape index (κ1) is 12.4. The van der Waals surface area contributed by atoms with Crippen LogP contribution in [-0.4, -0.2) is 16.2 Å². The van der Waals surface area contributed by atoms with Crippen LogP contribution in [0, 0.1) is 0 Å². The van der Waals surface area contributed by atoms with Gasteiger partial charge in [-0.3, -0.25) is 0 Å². The molecule has 0 radical (unpaired) electrons. The van der Waals surface area contributed by atoms with Crippen molar-refractivity contribution in [2.24, 2.45) is 0 Å². The molecule has 2 aromatic rings. The molecule has 1 heterocycles. The molecule has 94 valence electrons. The first-order valence-corrected chi connectivity index (χ1v) is 7.85. The monoisotopic (exact) mass is 297 g/mol. The highest BCUT2D eigenvalue weighted by Crippen LogP contribution is 2.34. The zero-order valence-corrected chi connectivity index (χ0v) is 12.0. The lowest BCUT2D eigenvalue weighted by Crippen LogP contribution is -2.16. The molecule has 0 bridgehead atoms. The molecule has 0 unspecified atom stereocenters. The van der Waals surface area contributed by atoms with Crippen LogP contribution < -0.4 is 5.32 Å². The topological polar surface area (TPSA) is 37.8 Å². The summed E-state index contributed by atoms with van der Waals surface area (Å²) in [6, 6.07) is 6.68. The third-order valence-corrected chi connectivity index (χ3v) is 4.99. The van der Waals surface area contributed by atoms with E-state index in [4.69, 9.17) is 11.6 Å². The molecule has 0 saturated heterocycles. The molecule has 1 aliphatic rings. The van der Waals surface area contributed by atoms with Gasteiger partial charge in [0.05, 0.1) is 0 Å². The van der Waals surface area contributed by atoms with Crippen molar-refractivity contribution >= 4 is 34.7 Å². The van der Waals surface area contributed by atoms with Crippen LogP contribution >= 0.6 is 34.7 Å². The summed E-state index contributed by atoms with van der Waals surface area (Å²) >= 11 is 9.46. The van der Waals surface area contributed by atoms with Gasteiger partial charge in [0, 0.05) is 22.5 Å². The van der Waals surface area contributed by atoms with Crippen molar-refractivity contribution in [3.63, 3.8) is 0 Å². The van der Waals surface area contributed by atoms with Crippen molar-refractivity contribution in [1.82, 2.24) is 15.5 Å². The molecule has 1 N–H and O–H groups in total. The Kier molecular flexibility index (Phi) is 3.84. The second-order valence-corrected chi connectivity index (χ2v) is 6.71. The Hall–Kier alpha value is -0.620. The highest BCUT2D eigenvalue weighted by atomic mass is 35.5. The van der Waals surface area contributed by atoms with Gasteiger partial charge in [-0.25, -0.2) is 0 Å². The maximum absolute atomic E-state index is 6.29. The normalized spacial score (nSPS) is 14.9. The minimum atomic E-state index is 0.681. The van der Waals surface area contributed by atoms with Crippen LogP contribution in [0.3, 0.4) is 0 Å². The van der Waals surface area contributed by atoms with Crippen LogP contribution in [0.2, 0.25) is 5.02 Å². The first-order chi connectivity index (χ1) is 8.83. The summed E-state index contributed by atoms with van der Waals surface area (Å²) < 4.78 is 0.949. The lowest BCUT2D eigenvalue weighted by atomic mass is 10.2. The minimum Gasteiger partial charge on any atom is -0.310 e. The fourth-order valence-corrected chi connectivity index (χ4v) is 3.54. The predicted octanol–water partition coefficient (Wildman–Crippen LogP) is 3.59. The molecule has 3 nitrogen and oxygen atoms in total. The van der Waals surface area contributed by atoms with Gasteiger partial charge in [0.15, 0.2) is 4.34 Å². The Bertz CT molecular complexity index is 526. The summed E-state index contributed by atoms with van der Waals surface area (Å²) in [4.78, 5) is 1.16. The van der Waals surface area contributed by atoms with Gasteiger partial charge in [0.25, 0.3) is 0 Å². The number of hydrogen-bond acceptors (Lipinski definition) is 5. The summed E-state index contributed by atoms with van der Waals surface area (Å²) in [5, 5.41) is 12.2. The smallest absolute Gasteiger partial charge is 0.178 e. The molecule has 1 saturated carbocycles. The quantitative estimate of drug-likeness (QED) is 0.915. The zero-order valence-electron chi connectivity index (χ0n) is 9.60. The van der Waals surface area contributed by atoms with Crippen molar-refractivity contribution in [3.05, 3.63) is 34.3 Å². The average molecular weight is 298 g/mol. The van der Waals surface area contributed by atoms with Gasteiger partial charge in [-0.05, 0) is 30.5 Å². The van der Waals surface area contributed by atoms with Gasteiger partial charge in [-0.2, -0.15) is 0 Å². The maximum atomic E-state index is 6.29. The molecule has 0 amide bonds. The molecule has 1 aromatic carbocycles. The van der Waals surface area contributed by atoms with Crippen LogP contribution in [0.1, 0.15) is 18.4 Å². The van der Waals surface area contributed by atoms with Gasteiger partial charge >= 0.3 is 0 Å². The van der Waals surface area contributed by atoms with Crippen LogP contribution in [0.5, 0.6) is 0 Å². The Balaban J connectivity index is 1.80. The molecule has 3 rings (SSSR count). The standard InChI is InChI=1S/C12H12ClN3S2/c13-10-2-1-3-11(18-12-16-15-7-17-12)9(10)6-14-8-4-5-8/h1-3,7-8,14H,4-6H2. The highest BCUT2D eigenvalue weighted by Gasteiger charge is 2.21. The van der Waals surface area contributed by atoms with E-state index in [0.717, 1.165) is 26.4 Å².